The lowest BCUT2D eigenvalue weighted by molar-refractivity contribution is -0.122. The van der Waals surface area contributed by atoms with Gasteiger partial charge >= 0.3 is 0 Å². The summed E-state index contributed by atoms with van der Waals surface area (Å²) in [4.78, 5) is 12.3. The van der Waals surface area contributed by atoms with E-state index in [0.717, 1.165) is 0 Å². The largest absolute Gasteiger partial charge is 0.487 e. The summed E-state index contributed by atoms with van der Waals surface area (Å²) in [7, 11) is 0. The summed E-state index contributed by atoms with van der Waals surface area (Å²) >= 11 is 11.9. The van der Waals surface area contributed by atoms with Crippen molar-refractivity contribution < 1.29 is 14.3 Å². The van der Waals surface area contributed by atoms with Crippen LogP contribution in [0, 0.1) is 0 Å². The first kappa shape index (κ1) is 18.2. The normalized spacial score (nSPS) is 11.5. The number of rotatable bonds is 7. The van der Waals surface area contributed by atoms with E-state index in [-0.39, 0.29) is 5.91 Å². The van der Waals surface area contributed by atoms with Crippen molar-refractivity contribution in [3.05, 3.63) is 65.2 Å². The smallest absolute Gasteiger partial charge is 0.265 e. The molecule has 0 aliphatic rings. The van der Waals surface area contributed by atoms with Gasteiger partial charge in [-0.3, -0.25) is 4.79 Å². The first-order valence-corrected chi connectivity index (χ1v) is 8.02. The van der Waals surface area contributed by atoms with Crippen LogP contribution in [-0.2, 0) is 4.79 Å². The molecule has 1 atom stereocenters. The third-order valence-corrected chi connectivity index (χ3v) is 3.60. The van der Waals surface area contributed by atoms with E-state index in [1.807, 2.05) is 6.07 Å². The summed E-state index contributed by atoms with van der Waals surface area (Å²) in [6, 6.07) is 12.0. The summed E-state index contributed by atoms with van der Waals surface area (Å²) in [5.74, 6) is 0.623. The van der Waals surface area contributed by atoms with Gasteiger partial charge in [0.05, 0.1) is 10.7 Å². The molecule has 6 heteroatoms. The number of nitrogens with one attached hydrogen (secondary N) is 1. The van der Waals surface area contributed by atoms with Crippen molar-refractivity contribution in [2.75, 3.05) is 11.9 Å². The maximum Gasteiger partial charge on any atom is 0.265 e. The molecule has 4 nitrogen and oxygen atoms in total. The molecule has 0 saturated heterocycles. The van der Waals surface area contributed by atoms with E-state index in [1.165, 1.54) is 0 Å². The number of hydrogen-bond acceptors (Lipinski definition) is 3. The molecular weight excluding hydrogens is 349 g/mol. The van der Waals surface area contributed by atoms with Gasteiger partial charge in [-0.25, -0.2) is 0 Å². The molecule has 0 fully saturated rings. The average Bonchev–Trinajstić information content (AvgIpc) is 2.56. The van der Waals surface area contributed by atoms with E-state index in [0.29, 0.717) is 33.8 Å². The van der Waals surface area contributed by atoms with E-state index in [4.69, 9.17) is 32.7 Å². The molecule has 1 N–H and O–H groups in total. The van der Waals surface area contributed by atoms with Gasteiger partial charge in [-0.15, -0.1) is 0 Å². The van der Waals surface area contributed by atoms with E-state index < -0.39 is 6.10 Å². The molecule has 0 spiro atoms. The van der Waals surface area contributed by atoms with Gasteiger partial charge in [-0.2, -0.15) is 0 Å². The van der Waals surface area contributed by atoms with Crippen LogP contribution in [0.5, 0.6) is 11.5 Å². The zero-order valence-electron chi connectivity index (χ0n) is 13.1. The van der Waals surface area contributed by atoms with Gasteiger partial charge < -0.3 is 14.8 Å². The number of halogens is 2. The van der Waals surface area contributed by atoms with Gasteiger partial charge in [-0.1, -0.05) is 48.0 Å². The van der Waals surface area contributed by atoms with Crippen LogP contribution in [0.1, 0.15) is 6.92 Å². The Bertz CT molecular complexity index is 734. The molecule has 0 bridgehead atoms. The van der Waals surface area contributed by atoms with Crippen LogP contribution >= 0.6 is 23.2 Å². The predicted molar refractivity (Wildman–Crippen MR) is 97.3 cm³/mol. The summed E-state index contributed by atoms with van der Waals surface area (Å²) in [6.45, 7) is 5.58. The Kier molecular flexibility index (Phi) is 6.53. The summed E-state index contributed by atoms with van der Waals surface area (Å²) in [6.07, 6.45) is 0.878. The van der Waals surface area contributed by atoms with Crippen LogP contribution < -0.4 is 14.8 Å². The quantitative estimate of drug-likeness (QED) is 0.705. The molecular formula is C18H17Cl2NO3. The summed E-state index contributed by atoms with van der Waals surface area (Å²) in [5.41, 5.74) is 0.557. The number of ether oxygens (including phenoxy) is 2. The summed E-state index contributed by atoms with van der Waals surface area (Å²) < 4.78 is 11.1. The second kappa shape index (κ2) is 8.62. The fraction of sp³-hybridized carbons (Fsp3) is 0.167. The highest BCUT2D eigenvalue weighted by Crippen LogP contribution is 2.29. The zero-order valence-corrected chi connectivity index (χ0v) is 14.6. The molecule has 0 heterocycles. The van der Waals surface area contributed by atoms with E-state index in [9.17, 15) is 4.79 Å². The van der Waals surface area contributed by atoms with Crippen molar-refractivity contribution in [1.29, 1.82) is 0 Å². The van der Waals surface area contributed by atoms with Gasteiger partial charge in [-0.05, 0) is 37.3 Å². The van der Waals surface area contributed by atoms with E-state index in [1.54, 1.807) is 49.4 Å². The minimum absolute atomic E-state index is 0.323. The number of para-hydroxylation sites is 2. The Morgan fingerprint density at radius 2 is 2.00 bits per heavy atom. The van der Waals surface area contributed by atoms with Crippen LogP contribution in [0.3, 0.4) is 0 Å². The number of carbonyl (C=O) groups excluding carboxylic acids is 1. The van der Waals surface area contributed by atoms with Crippen LogP contribution in [0.2, 0.25) is 10.0 Å². The first-order valence-electron chi connectivity index (χ1n) is 7.26. The Hall–Kier alpha value is -2.17. The van der Waals surface area contributed by atoms with E-state index >= 15 is 0 Å². The van der Waals surface area contributed by atoms with Crippen LogP contribution in [0.25, 0.3) is 0 Å². The van der Waals surface area contributed by atoms with Crippen LogP contribution in [-0.4, -0.2) is 18.6 Å². The lowest BCUT2D eigenvalue weighted by Crippen LogP contribution is -2.30. The average molecular weight is 366 g/mol. The number of hydrogen-bond donors (Lipinski definition) is 1. The third kappa shape index (κ3) is 4.91. The highest BCUT2D eigenvalue weighted by atomic mass is 35.5. The Morgan fingerprint density at radius 1 is 1.25 bits per heavy atom. The van der Waals surface area contributed by atoms with Crippen molar-refractivity contribution in [1.82, 2.24) is 0 Å². The maximum absolute atomic E-state index is 12.3. The van der Waals surface area contributed by atoms with Crippen molar-refractivity contribution in [2.45, 2.75) is 13.0 Å². The molecule has 1 unspecified atom stereocenters. The lowest BCUT2D eigenvalue weighted by atomic mass is 10.2. The van der Waals surface area contributed by atoms with Gasteiger partial charge in [0.25, 0.3) is 5.91 Å². The zero-order chi connectivity index (χ0) is 17.5. The van der Waals surface area contributed by atoms with E-state index in [2.05, 4.69) is 11.9 Å². The second-order valence-corrected chi connectivity index (χ2v) is 5.76. The molecule has 24 heavy (non-hydrogen) atoms. The second-order valence-electron chi connectivity index (χ2n) is 4.92. The standard InChI is InChI=1S/C18H17Cl2NO3/c1-3-10-23-17-7-5-4-6-15(17)21-18(22)12(2)24-16-9-8-13(19)11-14(16)20/h3-9,11-12H,1,10H2,2H3,(H,21,22). The fourth-order valence-electron chi connectivity index (χ4n) is 1.89. The van der Waals surface area contributed by atoms with Crippen molar-refractivity contribution in [3.63, 3.8) is 0 Å². The molecule has 1 amide bonds. The predicted octanol–water partition coefficient (Wildman–Crippen LogP) is 4.96. The molecule has 0 saturated carbocycles. The number of anilines is 1. The van der Waals surface area contributed by atoms with Crippen molar-refractivity contribution >= 4 is 34.8 Å². The molecule has 0 aliphatic carbocycles. The topological polar surface area (TPSA) is 47.6 Å². The maximum atomic E-state index is 12.3. The highest BCUT2D eigenvalue weighted by molar-refractivity contribution is 6.35. The van der Waals surface area contributed by atoms with Crippen LogP contribution in [0.4, 0.5) is 5.69 Å². The molecule has 2 aromatic rings. The number of amides is 1. The Labute approximate surface area is 151 Å². The van der Waals surface area contributed by atoms with Gasteiger partial charge in [0.2, 0.25) is 0 Å². The third-order valence-electron chi connectivity index (χ3n) is 3.07. The first-order chi connectivity index (χ1) is 11.5. The van der Waals surface area contributed by atoms with Crippen LogP contribution in [0.15, 0.2) is 55.1 Å². The number of carbonyl (C=O) groups is 1. The van der Waals surface area contributed by atoms with Gasteiger partial charge in [0.15, 0.2) is 6.10 Å². The molecule has 2 aromatic carbocycles. The highest BCUT2D eigenvalue weighted by Gasteiger charge is 2.18. The summed E-state index contributed by atoms with van der Waals surface area (Å²) in [5, 5.41) is 3.62. The van der Waals surface area contributed by atoms with Gasteiger partial charge in [0.1, 0.15) is 18.1 Å². The fourth-order valence-corrected chi connectivity index (χ4v) is 2.35. The Balaban J connectivity index is 2.05. The monoisotopic (exact) mass is 365 g/mol. The molecule has 0 aliphatic heterocycles. The molecule has 2 rings (SSSR count). The molecule has 0 aromatic heterocycles. The Morgan fingerprint density at radius 3 is 2.71 bits per heavy atom. The van der Waals surface area contributed by atoms with Gasteiger partial charge in [0, 0.05) is 5.02 Å². The van der Waals surface area contributed by atoms with Crippen molar-refractivity contribution in [2.24, 2.45) is 0 Å². The molecule has 126 valence electrons. The molecule has 0 radical (unpaired) electrons. The minimum atomic E-state index is -0.754. The van der Waals surface area contributed by atoms with Crippen molar-refractivity contribution in [3.8, 4) is 11.5 Å². The lowest BCUT2D eigenvalue weighted by Gasteiger charge is -2.17. The number of benzene rings is 2. The SMILES string of the molecule is C=CCOc1ccccc1NC(=O)C(C)Oc1ccc(Cl)cc1Cl. The minimum Gasteiger partial charge on any atom is -0.487 e.